The Morgan fingerprint density at radius 1 is 1.42 bits per heavy atom. The van der Waals surface area contributed by atoms with Crippen molar-refractivity contribution < 1.29 is 4.39 Å². The number of aryl methyl sites for hydroxylation is 2. The third kappa shape index (κ3) is 3.32. The Bertz CT molecular complexity index is 583. The first kappa shape index (κ1) is 14.4. The van der Waals surface area contributed by atoms with Gasteiger partial charge in [0, 0.05) is 10.9 Å². The van der Waals surface area contributed by atoms with Crippen LogP contribution in [0.2, 0.25) is 5.02 Å². The fourth-order valence-electron chi connectivity index (χ4n) is 2.10. The second-order valence-corrected chi connectivity index (χ2v) is 6.12. The zero-order valence-corrected chi connectivity index (χ0v) is 12.7. The van der Waals surface area contributed by atoms with Gasteiger partial charge in [0.15, 0.2) is 0 Å². The van der Waals surface area contributed by atoms with E-state index in [0.29, 0.717) is 6.42 Å². The predicted octanol–water partition coefficient (Wildman–Crippen LogP) is 4.06. The van der Waals surface area contributed by atoms with E-state index in [-0.39, 0.29) is 16.9 Å². The van der Waals surface area contributed by atoms with Crippen molar-refractivity contribution in [2.24, 2.45) is 0 Å². The Morgan fingerprint density at radius 2 is 2.16 bits per heavy atom. The number of hydrogen-bond donors (Lipinski definition) is 1. The standard InChI is InChI=1S/C14H16ClFN2S/c1-8-14(19-9(2)18-8)13(17-3)7-10-4-5-11(15)12(16)6-10/h4-6,13,17H,7H2,1-3H3. The summed E-state index contributed by atoms with van der Waals surface area (Å²) in [5.74, 6) is -0.369. The largest absolute Gasteiger partial charge is 0.312 e. The van der Waals surface area contributed by atoms with E-state index >= 15 is 0 Å². The first-order valence-electron chi connectivity index (χ1n) is 6.06. The van der Waals surface area contributed by atoms with Gasteiger partial charge in [0.2, 0.25) is 0 Å². The molecular weight excluding hydrogens is 283 g/mol. The lowest BCUT2D eigenvalue weighted by molar-refractivity contribution is 0.589. The van der Waals surface area contributed by atoms with E-state index in [1.165, 1.54) is 10.9 Å². The SMILES string of the molecule is CNC(Cc1ccc(Cl)c(F)c1)c1sc(C)nc1C. The molecule has 2 rings (SSSR count). The Hall–Kier alpha value is -0.970. The monoisotopic (exact) mass is 298 g/mol. The molecule has 1 aromatic heterocycles. The van der Waals surface area contributed by atoms with Crippen LogP contribution in [-0.4, -0.2) is 12.0 Å². The van der Waals surface area contributed by atoms with Crippen molar-refractivity contribution in [3.63, 3.8) is 0 Å². The smallest absolute Gasteiger partial charge is 0.142 e. The molecule has 0 saturated heterocycles. The van der Waals surface area contributed by atoms with E-state index in [0.717, 1.165) is 16.3 Å². The fraction of sp³-hybridized carbons (Fsp3) is 0.357. The molecule has 102 valence electrons. The lowest BCUT2D eigenvalue weighted by Crippen LogP contribution is -2.18. The summed E-state index contributed by atoms with van der Waals surface area (Å²) in [6.45, 7) is 4.00. The number of benzene rings is 1. The van der Waals surface area contributed by atoms with Gasteiger partial charge in [-0.2, -0.15) is 0 Å². The highest BCUT2D eigenvalue weighted by Gasteiger charge is 2.17. The van der Waals surface area contributed by atoms with E-state index < -0.39 is 0 Å². The summed E-state index contributed by atoms with van der Waals surface area (Å²) >= 11 is 7.38. The zero-order chi connectivity index (χ0) is 14.0. The maximum Gasteiger partial charge on any atom is 0.142 e. The molecule has 1 atom stereocenters. The zero-order valence-electron chi connectivity index (χ0n) is 11.1. The molecule has 0 amide bonds. The third-order valence-electron chi connectivity index (χ3n) is 3.03. The van der Waals surface area contributed by atoms with Gasteiger partial charge < -0.3 is 5.32 Å². The average Bonchev–Trinajstić information content (AvgIpc) is 2.70. The quantitative estimate of drug-likeness (QED) is 0.921. The van der Waals surface area contributed by atoms with E-state index in [2.05, 4.69) is 10.3 Å². The van der Waals surface area contributed by atoms with Crippen molar-refractivity contribution in [2.75, 3.05) is 7.05 Å². The molecule has 19 heavy (non-hydrogen) atoms. The minimum Gasteiger partial charge on any atom is -0.312 e. The van der Waals surface area contributed by atoms with Crippen molar-refractivity contribution in [3.8, 4) is 0 Å². The van der Waals surface area contributed by atoms with Crippen molar-refractivity contribution in [3.05, 3.63) is 50.2 Å². The van der Waals surface area contributed by atoms with Gasteiger partial charge in [0.05, 0.1) is 15.7 Å². The highest BCUT2D eigenvalue weighted by molar-refractivity contribution is 7.11. The maximum atomic E-state index is 13.5. The van der Waals surface area contributed by atoms with Crippen LogP contribution in [0.25, 0.3) is 0 Å². The Balaban J connectivity index is 2.23. The number of aromatic nitrogens is 1. The Labute approximate surface area is 121 Å². The molecule has 0 saturated carbocycles. The van der Waals surface area contributed by atoms with Gasteiger partial charge in [-0.05, 0) is 45.0 Å². The number of thiazole rings is 1. The second kappa shape index (κ2) is 5.99. The minimum absolute atomic E-state index is 0.145. The van der Waals surface area contributed by atoms with Crippen LogP contribution in [0.4, 0.5) is 4.39 Å². The summed E-state index contributed by atoms with van der Waals surface area (Å²) in [6, 6.07) is 5.10. The van der Waals surface area contributed by atoms with Gasteiger partial charge in [-0.1, -0.05) is 17.7 Å². The molecule has 1 N–H and O–H groups in total. The van der Waals surface area contributed by atoms with Gasteiger partial charge in [-0.3, -0.25) is 0 Å². The molecule has 1 aromatic carbocycles. The van der Waals surface area contributed by atoms with Crippen LogP contribution in [0, 0.1) is 19.7 Å². The number of likely N-dealkylation sites (N-methyl/N-ethyl adjacent to an activating group) is 1. The summed E-state index contributed by atoms with van der Waals surface area (Å²) in [6.07, 6.45) is 0.715. The van der Waals surface area contributed by atoms with Crippen LogP contribution in [0.1, 0.15) is 27.2 Å². The van der Waals surface area contributed by atoms with Crippen molar-refractivity contribution >= 4 is 22.9 Å². The molecule has 0 aliphatic carbocycles. The van der Waals surface area contributed by atoms with Crippen molar-refractivity contribution in [2.45, 2.75) is 26.3 Å². The van der Waals surface area contributed by atoms with Crippen molar-refractivity contribution in [1.82, 2.24) is 10.3 Å². The van der Waals surface area contributed by atoms with Gasteiger partial charge in [-0.25, -0.2) is 9.37 Å². The number of nitrogens with one attached hydrogen (secondary N) is 1. The van der Waals surface area contributed by atoms with Crippen LogP contribution in [0.15, 0.2) is 18.2 Å². The molecule has 0 radical (unpaired) electrons. The summed E-state index contributed by atoms with van der Waals surface area (Å²) < 4.78 is 13.5. The number of hydrogen-bond acceptors (Lipinski definition) is 3. The summed E-state index contributed by atoms with van der Waals surface area (Å²) in [5, 5.41) is 4.48. The summed E-state index contributed by atoms with van der Waals surface area (Å²) in [7, 11) is 1.91. The lowest BCUT2D eigenvalue weighted by atomic mass is 10.0. The third-order valence-corrected chi connectivity index (χ3v) is 4.52. The number of nitrogens with zero attached hydrogens (tertiary/aromatic N) is 1. The molecule has 1 heterocycles. The lowest BCUT2D eigenvalue weighted by Gasteiger charge is -2.15. The molecule has 2 aromatic rings. The molecule has 0 aliphatic rings. The molecule has 1 unspecified atom stereocenters. The highest BCUT2D eigenvalue weighted by Crippen LogP contribution is 2.28. The van der Waals surface area contributed by atoms with E-state index in [9.17, 15) is 4.39 Å². The maximum absolute atomic E-state index is 13.5. The Morgan fingerprint density at radius 3 is 2.68 bits per heavy atom. The topological polar surface area (TPSA) is 24.9 Å². The number of halogens is 2. The molecular formula is C14H16ClFN2S. The minimum atomic E-state index is -0.369. The molecule has 0 aliphatic heterocycles. The first-order valence-corrected chi connectivity index (χ1v) is 7.26. The van der Waals surface area contributed by atoms with Gasteiger partial charge in [0.25, 0.3) is 0 Å². The summed E-state index contributed by atoms with van der Waals surface area (Å²) in [5.41, 5.74) is 1.96. The van der Waals surface area contributed by atoms with Crippen LogP contribution < -0.4 is 5.32 Å². The normalized spacial score (nSPS) is 12.7. The van der Waals surface area contributed by atoms with Gasteiger partial charge >= 0.3 is 0 Å². The fourth-order valence-corrected chi connectivity index (χ4v) is 3.25. The van der Waals surface area contributed by atoms with E-state index in [1.54, 1.807) is 17.4 Å². The van der Waals surface area contributed by atoms with Crippen LogP contribution in [0.3, 0.4) is 0 Å². The van der Waals surface area contributed by atoms with Gasteiger partial charge in [-0.15, -0.1) is 11.3 Å². The Kier molecular flexibility index (Phi) is 4.55. The van der Waals surface area contributed by atoms with Crippen molar-refractivity contribution in [1.29, 1.82) is 0 Å². The van der Waals surface area contributed by atoms with E-state index in [1.807, 2.05) is 27.0 Å². The molecule has 5 heteroatoms. The molecule has 0 spiro atoms. The van der Waals surface area contributed by atoms with Crippen LogP contribution in [0.5, 0.6) is 0 Å². The van der Waals surface area contributed by atoms with Gasteiger partial charge in [0.1, 0.15) is 5.82 Å². The van der Waals surface area contributed by atoms with Crippen LogP contribution >= 0.6 is 22.9 Å². The second-order valence-electron chi connectivity index (χ2n) is 4.48. The number of rotatable bonds is 4. The molecule has 0 bridgehead atoms. The summed E-state index contributed by atoms with van der Waals surface area (Å²) in [4.78, 5) is 5.64. The van der Waals surface area contributed by atoms with Crippen LogP contribution in [-0.2, 0) is 6.42 Å². The first-order chi connectivity index (χ1) is 9.01. The average molecular weight is 299 g/mol. The molecule has 0 fully saturated rings. The predicted molar refractivity (Wildman–Crippen MR) is 78.5 cm³/mol. The highest BCUT2D eigenvalue weighted by atomic mass is 35.5. The molecule has 2 nitrogen and oxygen atoms in total. The van der Waals surface area contributed by atoms with E-state index in [4.69, 9.17) is 11.6 Å².